The van der Waals surface area contributed by atoms with Crippen LogP contribution in [-0.4, -0.2) is 26.1 Å². The van der Waals surface area contributed by atoms with Crippen molar-refractivity contribution in [3.63, 3.8) is 0 Å². The first kappa shape index (κ1) is 13.1. The molecule has 0 radical (unpaired) electrons. The van der Waals surface area contributed by atoms with E-state index >= 15 is 0 Å². The Kier molecular flexibility index (Phi) is 6.64. The molecule has 0 spiro atoms. The van der Waals surface area contributed by atoms with Gasteiger partial charge >= 0.3 is 0 Å². The Morgan fingerprint density at radius 2 is 2.00 bits per heavy atom. The van der Waals surface area contributed by atoms with Crippen molar-refractivity contribution in [3.05, 3.63) is 0 Å². The summed E-state index contributed by atoms with van der Waals surface area (Å²) >= 11 is 0. The standard InChI is InChI=1S/C10H24O2Si/c1-5-6-9-13(3,4)12-8-7-10(2)11/h10-11H,5-9H2,1-4H3. The zero-order valence-electron chi connectivity index (χ0n) is 9.47. The van der Waals surface area contributed by atoms with Gasteiger partial charge in [-0.05, 0) is 32.5 Å². The molecule has 0 aromatic heterocycles. The predicted octanol–water partition coefficient (Wildman–Crippen LogP) is 2.78. The quantitative estimate of drug-likeness (QED) is 0.646. The second kappa shape index (κ2) is 6.57. The first-order valence-corrected chi connectivity index (χ1v) is 8.41. The fourth-order valence-electron chi connectivity index (χ4n) is 1.18. The van der Waals surface area contributed by atoms with Crippen molar-refractivity contribution < 1.29 is 9.53 Å². The van der Waals surface area contributed by atoms with Crippen LogP contribution in [-0.2, 0) is 4.43 Å². The fraction of sp³-hybridized carbons (Fsp3) is 1.00. The highest BCUT2D eigenvalue weighted by Crippen LogP contribution is 2.15. The molecule has 0 rings (SSSR count). The average molecular weight is 204 g/mol. The van der Waals surface area contributed by atoms with E-state index in [9.17, 15) is 0 Å². The van der Waals surface area contributed by atoms with Crippen LogP contribution in [0.5, 0.6) is 0 Å². The molecule has 1 atom stereocenters. The van der Waals surface area contributed by atoms with Gasteiger partial charge in [0, 0.05) is 6.61 Å². The first-order chi connectivity index (χ1) is 5.98. The summed E-state index contributed by atoms with van der Waals surface area (Å²) in [5, 5.41) is 9.06. The van der Waals surface area contributed by atoms with Crippen molar-refractivity contribution in [2.24, 2.45) is 0 Å². The molecule has 0 aromatic carbocycles. The molecule has 0 heterocycles. The van der Waals surface area contributed by atoms with Gasteiger partial charge in [0.1, 0.15) is 0 Å². The third-order valence-corrected chi connectivity index (χ3v) is 4.70. The second-order valence-electron chi connectivity index (χ2n) is 4.35. The number of aliphatic hydroxyl groups excluding tert-OH is 1. The molecule has 80 valence electrons. The number of aliphatic hydroxyl groups is 1. The molecule has 3 heteroatoms. The van der Waals surface area contributed by atoms with Gasteiger partial charge in [0.15, 0.2) is 8.32 Å². The van der Waals surface area contributed by atoms with Gasteiger partial charge < -0.3 is 9.53 Å². The molecule has 13 heavy (non-hydrogen) atoms. The Balaban J connectivity index is 3.50. The molecule has 1 N–H and O–H groups in total. The highest BCUT2D eigenvalue weighted by molar-refractivity contribution is 6.71. The molecule has 0 saturated heterocycles. The van der Waals surface area contributed by atoms with E-state index in [2.05, 4.69) is 20.0 Å². The van der Waals surface area contributed by atoms with E-state index in [-0.39, 0.29) is 6.10 Å². The summed E-state index contributed by atoms with van der Waals surface area (Å²) in [6.07, 6.45) is 3.06. The van der Waals surface area contributed by atoms with Crippen molar-refractivity contribution in [1.82, 2.24) is 0 Å². The van der Waals surface area contributed by atoms with Crippen LogP contribution in [0.3, 0.4) is 0 Å². The average Bonchev–Trinajstić information content (AvgIpc) is 2.00. The van der Waals surface area contributed by atoms with Gasteiger partial charge in [0.25, 0.3) is 0 Å². The molecule has 0 aromatic rings. The topological polar surface area (TPSA) is 29.5 Å². The lowest BCUT2D eigenvalue weighted by Crippen LogP contribution is -2.31. The smallest absolute Gasteiger partial charge is 0.186 e. The summed E-state index contributed by atoms with van der Waals surface area (Å²) in [7, 11) is -1.40. The number of hydrogen-bond acceptors (Lipinski definition) is 2. The molecular weight excluding hydrogens is 180 g/mol. The van der Waals surface area contributed by atoms with Crippen LogP contribution in [0.1, 0.15) is 33.1 Å². The van der Waals surface area contributed by atoms with Crippen LogP contribution in [0.2, 0.25) is 19.1 Å². The molecule has 0 aliphatic heterocycles. The SMILES string of the molecule is CCCC[Si](C)(C)OCCC(C)O. The van der Waals surface area contributed by atoms with Crippen LogP contribution in [0.4, 0.5) is 0 Å². The van der Waals surface area contributed by atoms with Crippen LogP contribution in [0.25, 0.3) is 0 Å². The largest absolute Gasteiger partial charge is 0.417 e. The number of hydrogen-bond donors (Lipinski definition) is 1. The highest BCUT2D eigenvalue weighted by atomic mass is 28.4. The van der Waals surface area contributed by atoms with Gasteiger partial charge in [-0.1, -0.05) is 19.8 Å². The predicted molar refractivity (Wildman–Crippen MR) is 59.4 cm³/mol. The summed E-state index contributed by atoms with van der Waals surface area (Å²) in [6, 6.07) is 1.24. The molecule has 2 nitrogen and oxygen atoms in total. The van der Waals surface area contributed by atoms with Crippen molar-refractivity contribution in [3.8, 4) is 0 Å². The maximum Gasteiger partial charge on any atom is 0.186 e. The lowest BCUT2D eigenvalue weighted by Gasteiger charge is -2.22. The van der Waals surface area contributed by atoms with Crippen LogP contribution in [0.15, 0.2) is 0 Å². The minimum absolute atomic E-state index is 0.226. The van der Waals surface area contributed by atoms with E-state index in [1.165, 1.54) is 18.9 Å². The van der Waals surface area contributed by atoms with Crippen molar-refractivity contribution in [2.45, 2.75) is 58.4 Å². The summed E-state index contributed by atoms with van der Waals surface area (Å²) in [4.78, 5) is 0. The molecule has 0 aliphatic rings. The van der Waals surface area contributed by atoms with E-state index in [1.54, 1.807) is 0 Å². The zero-order valence-corrected chi connectivity index (χ0v) is 10.5. The van der Waals surface area contributed by atoms with Gasteiger partial charge in [-0.2, -0.15) is 0 Å². The van der Waals surface area contributed by atoms with Gasteiger partial charge in [-0.15, -0.1) is 0 Å². The third kappa shape index (κ3) is 8.47. The maximum atomic E-state index is 9.06. The zero-order chi connectivity index (χ0) is 10.3. The number of unbranched alkanes of at least 4 members (excludes halogenated alkanes) is 1. The Hall–Kier alpha value is 0.137. The lowest BCUT2D eigenvalue weighted by atomic mass is 10.3. The van der Waals surface area contributed by atoms with Crippen LogP contribution in [0, 0.1) is 0 Å². The molecular formula is C10H24O2Si. The Labute approximate surface area is 83.4 Å². The Bertz CT molecular complexity index is 124. The van der Waals surface area contributed by atoms with Crippen molar-refractivity contribution in [2.75, 3.05) is 6.61 Å². The maximum absolute atomic E-state index is 9.06. The summed E-state index contributed by atoms with van der Waals surface area (Å²) in [5.74, 6) is 0. The molecule has 0 amide bonds. The molecule has 0 fully saturated rings. The van der Waals surface area contributed by atoms with Crippen molar-refractivity contribution >= 4 is 8.32 Å². The fourth-order valence-corrected chi connectivity index (χ4v) is 3.20. The lowest BCUT2D eigenvalue weighted by molar-refractivity contribution is 0.153. The van der Waals surface area contributed by atoms with Gasteiger partial charge in [-0.3, -0.25) is 0 Å². The molecule has 1 unspecified atom stereocenters. The molecule has 0 saturated carbocycles. The highest BCUT2D eigenvalue weighted by Gasteiger charge is 2.21. The van der Waals surface area contributed by atoms with Crippen LogP contribution < -0.4 is 0 Å². The van der Waals surface area contributed by atoms with Gasteiger partial charge in [0.2, 0.25) is 0 Å². The van der Waals surface area contributed by atoms with E-state index in [4.69, 9.17) is 9.53 Å². The number of rotatable bonds is 7. The van der Waals surface area contributed by atoms with E-state index < -0.39 is 8.32 Å². The minimum atomic E-state index is -1.40. The van der Waals surface area contributed by atoms with E-state index in [0.29, 0.717) is 0 Å². The van der Waals surface area contributed by atoms with E-state index in [1.807, 2.05) is 6.92 Å². The molecule has 0 bridgehead atoms. The van der Waals surface area contributed by atoms with Crippen LogP contribution >= 0.6 is 0 Å². The Morgan fingerprint density at radius 1 is 1.38 bits per heavy atom. The molecule has 0 aliphatic carbocycles. The second-order valence-corrected chi connectivity index (χ2v) is 8.66. The van der Waals surface area contributed by atoms with Crippen molar-refractivity contribution in [1.29, 1.82) is 0 Å². The summed E-state index contributed by atoms with van der Waals surface area (Å²) < 4.78 is 5.82. The normalized spacial score (nSPS) is 14.5. The van der Waals surface area contributed by atoms with Gasteiger partial charge in [0.05, 0.1) is 6.10 Å². The minimum Gasteiger partial charge on any atom is -0.417 e. The first-order valence-electron chi connectivity index (χ1n) is 5.30. The van der Waals surface area contributed by atoms with E-state index in [0.717, 1.165) is 13.0 Å². The summed E-state index contributed by atoms with van der Waals surface area (Å²) in [6.45, 7) is 9.25. The Morgan fingerprint density at radius 3 is 2.46 bits per heavy atom. The third-order valence-electron chi connectivity index (χ3n) is 2.16. The monoisotopic (exact) mass is 204 g/mol. The summed E-state index contributed by atoms with van der Waals surface area (Å²) in [5.41, 5.74) is 0. The van der Waals surface area contributed by atoms with Gasteiger partial charge in [-0.25, -0.2) is 0 Å².